The van der Waals surface area contributed by atoms with Crippen molar-refractivity contribution in [2.24, 2.45) is 0 Å². The number of imide groups is 1. The third-order valence-electron chi connectivity index (χ3n) is 2.96. The highest BCUT2D eigenvalue weighted by molar-refractivity contribution is 6.42. The van der Waals surface area contributed by atoms with Crippen molar-refractivity contribution in [1.82, 2.24) is 10.6 Å². The van der Waals surface area contributed by atoms with Crippen molar-refractivity contribution >= 4 is 47.2 Å². The molecule has 0 bridgehead atoms. The lowest BCUT2D eigenvalue weighted by molar-refractivity contribution is -0.143. The standard InChI is InChI=1S/C17H14Cl2N2O5/c18-13-5-3-11(8-14(13)19)4-6-16(23)26-10-15(22)21-17(24)20-9-12-2-1-7-25-12/h1-8H,9-10H2,(H2,20,21,22,24)/b6-4+. The Morgan fingerprint density at radius 2 is 1.96 bits per heavy atom. The molecule has 0 radical (unpaired) electrons. The van der Waals surface area contributed by atoms with Crippen LogP contribution in [0.25, 0.3) is 6.08 Å². The van der Waals surface area contributed by atoms with Gasteiger partial charge in [-0.05, 0) is 35.9 Å². The van der Waals surface area contributed by atoms with Crippen LogP contribution in [0.3, 0.4) is 0 Å². The monoisotopic (exact) mass is 396 g/mol. The molecule has 136 valence electrons. The Kier molecular flexibility index (Phi) is 7.25. The lowest BCUT2D eigenvalue weighted by atomic mass is 10.2. The van der Waals surface area contributed by atoms with Crippen LogP contribution in [0.1, 0.15) is 11.3 Å². The number of benzene rings is 1. The molecule has 0 spiro atoms. The summed E-state index contributed by atoms with van der Waals surface area (Å²) in [6, 6.07) is 7.44. The van der Waals surface area contributed by atoms with Crippen molar-refractivity contribution < 1.29 is 23.5 Å². The summed E-state index contributed by atoms with van der Waals surface area (Å²) in [7, 11) is 0. The number of ether oxygens (including phenoxy) is 1. The van der Waals surface area contributed by atoms with E-state index in [1.165, 1.54) is 12.3 Å². The van der Waals surface area contributed by atoms with E-state index in [1.54, 1.807) is 30.3 Å². The first kappa shape index (κ1) is 19.6. The maximum absolute atomic E-state index is 11.6. The van der Waals surface area contributed by atoms with E-state index >= 15 is 0 Å². The molecule has 2 rings (SSSR count). The summed E-state index contributed by atoms with van der Waals surface area (Å²) in [6.07, 6.45) is 4.05. The van der Waals surface area contributed by atoms with Gasteiger partial charge in [-0.25, -0.2) is 9.59 Å². The number of rotatable bonds is 6. The van der Waals surface area contributed by atoms with E-state index < -0.39 is 24.5 Å². The molecule has 0 saturated heterocycles. The Morgan fingerprint density at radius 1 is 1.15 bits per heavy atom. The second-order valence-electron chi connectivity index (χ2n) is 4.92. The zero-order valence-electron chi connectivity index (χ0n) is 13.3. The first-order valence-corrected chi connectivity index (χ1v) is 8.09. The number of carbonyl (C=O) groups is 3. The van der Waals surface area contributed by atoms with Gasteiger partial charge >= 0.3 is 12.0 Å². The van der Waals surface area contributed by atoms with E-state index in [-0.39, 0.29) is 6.54 Å². The maximum Gasteiger partial charge on any atom is 0.331 e. The topological polar surface area (TPSA) is 97.6 Å². The van der Waals surface area contributed by atoms with Crippen molar-refractivity contribution in [1.29, 1.82) is 0 Å². The van der Waals surface area contributed by atoms with Crippen LogP contribution < -0.4 is 10.6 Å². The van der Waals surface area contributed by atoms with Crippen molar-refractivity contribution in [3.8, 4) is 0 Å². The highest BCUT2D eigenvalue weighted by Crippen LogP contribution is 2.23. The van der Waals surface area contributed by atoms with Gasteiger partial charge in [0.1, 0.15) is 5.76 Å². The average molecular weight is 397 g/mol. The molecule has 26 heavy (non-hydrogen) atoms. The Bertz CT molecular complexity index is 819. The molecule has 0 aliphatic rings. The smallest absolute Gasteiger partial charge is 0.331 e. The van der Waals surface area contributed by atoms with Crippen LogP contribution in [-0.2, 0) is 20.9 Å². The zero-order valence-corrected chi connectivity index (χ0v) is 14.8. The van der Waals surface area contributed by atoms with Gasteiger partial charge in [0, 0.05) is 6.08 Å². The lowest BCUT2D eigenvalue weighted by Crippen LogP contribution is -2.41. The quantitative estimate of drug-likeness (QED) is 0.577. The van der Waals surface area contributed by atoms with Gasteiger partial charge in [-0.15, -0.1) is 0 Å². The molecule has 1 aromatic heterocycles. The van der Waals surface area contributed by atoms with E-state index in [2.05, 4.69) is 5.32 Å². The number of hydrogen-bond acceptors (Lipinski definition) is 5. The SMILES string of the molecule is O=C(COC(=O)/C=C/c1ccc(Cl)c(Cl)c1)NC(=O)NCc1ccco1. The summed E-state index contributed by atoms with van der Waals surface area (Å²) >= 11 is 11.7. The molecule has 2 N–H and O–H groups in total. The van der Waals surface area contributed by atoms with Crippen LogP contribution in [0.4, 0.5) is 4.79 Å². The summed E-state index contributed by atoms with van der Waals surface area (Å²) in [4.78, 5) is 34.6. The molecule has 0 saturated carbocycles. The molecule has 1 aromatic carbocycles. The number of nitrogens with one attached hydrogen (secondary N) is 2. The minimum absolute atomic E-state index is 0.123. The maximum atomic E-state index is 11.6. The van der Waals surface area contributed by atoms with Crippen LogP contribution in [0, 0.1) is 0 Å². The Labute approximate surface area is 158 Å². The number of carbonyl (C=O) groups excluding carboxylic acids is 3. The number of halogens is 2. The molecule has 2 aromatic rings. The third kappa shape index (κ3) is 6.62. The second kappa shape index (κ2) is 9.65. The van der Waals surface area contributed by atoms with Gasteiger partial charge in [-0.3, -0.25) is 10.1 Å². The molecular weight excluding hydrogens is 383 g/mol. The first-order valence-electron chi connectivity index (χ1n) is 7.34. The molecule has 0 fully saturated rings. The number of hydrogen-bond donors (Lipinski definition) is 2. The largest absolute Gasteiger partial charge is 0.467 e. The van der Waals surface area contributed by atoms with Gasteiger partial charge < -0.3 is 14.5 Å². The summed E-state index contributed by atoms with van der Waals surface area (Å²) < 4.78 is 9.76. The minimum Gasteiger partial charge on any atom is -0.467 e. The third-order valence-corrected chi connectivity index (χ3v) is 3.70. The molecule has 9 heteroatoms. The fourth-order valence-electron chi connectivity index (χ4n) is 1.75. The van der Waals surface area contributed by atoms with Crippen molar-refractivity contribution in [3.63, 3.8) is 0 Å². The number of urea groups is 1. The van der Waals surface area contributed by atoms with E-state index in [1.807, 2.05) is 5.32 Å². The second-order valence-corrected chi connectivity index (χ2v) is 5.74. The number of amides is 3. The van der Waals surface area contributed by atoms with Crippen LogP contribution in [-0.4, -0.2) is 24.5 Å². The van der Waals surface area contributed by atoms with Gasteiger partial charge in [0.2, 0.25) is 0 Å². The highest BCUT2D eigenvalue weighted by atomic mass is 35.5. The Morgan fingerprint density at radius 3 is 2.65 bits per heavy atom. The first-order chi connectivity index (χ1) is 12.4. The van der Waals surface area contributed by atoms with E-state index in [4.69, 9.17) is 32.4 Å². The molecule has 0 aliphatic heterocycles. The van der Waals surface area contributed by atoms with Crippen LogP contribution in [0.5, 0.6) is 0 Å². The van der Waals surface area contributed by atoms with Crippen molar-refractivity contribution in [2.75, 3.05) is 6.61 Å². The molecular formula is C17H14Cl2N2O5. The van der Waals surface area contributed by atoms with Gasteiger partial charge in [0.15, 0.2) is 6.61 Å². The van der Waals surface area contributed by atoms with Crippen molar-refractivity contribution in [3.05, 3.63) is 64.0 Å². The number of furan rings is 1. The van der Waals surface area contributed by atoms with Crippen molar-refractivity contribution in [2.45, 2.75) is 6.54 Å². The summed E-state index contributed by atoms with van der Waals surface area (Å²) in [5, 5.41) is 5.18. The van der Waals surface area contributed by atoms with Gasteiger partial charge in [-0.2, -0.15) is 0 Å². The van der Waals surface area contributed by atoms with Gasteiger partial charge in [0.05, 0.1) is 22.9 Å². The van der Waals surface area contributed by atoms with Crippen LogP contribution in [0.15, 0.2) is 47.1 Å². The summed E-state index contributed by atoms with van der Waals surface area (Å²) in [6.45, 7) is -0.475. The lowest BCUT2D eigenvalue weighted by Gasteiger charge is -2.05. The molecule has 1 heterocycles. The van der Waals surface area contributed by atoms with E-state index in [0.717, 1.165) is 6.08 Å². The van der Waals surface area contributed by atoms with Gasteiger partial charge in [-0.1, -0.05) is 29.3 Å². The molecule has 7 nitrogen and oxygen atoms in total. The fourth-order valence-corrected chi connectivity index (χ4v) is 2.06. The predicted octanol–water partition coefficient (Wildman–Crippen LogP) is 3.17. The molecule has 0 atom stereocenters. The summed E-state index contributed by atoms with van der Waals surface area (Å²) in [5.41, 5.74) is 0.637. The van der Waals surface area contributed by atoms with E-state index in [9.17, 15) is 14.4 Å². The average Bonchev–Trinajstić information content (AvgIpc) is 3.13. The number of esters is 1. The predicted molar refractivity (Wildman–Crippen MR) is 95.5 cm³/mol. The fraction of sp³-hybridized carbons (Fsp3) is 0.118. The Balaban J connectivity index is 1.70. The molecule has 3 amide bonds. The Hall–Kier alpha value is -2.77. The van der Waals surface area contributed by atoms with E-state index in [0.29, 0.717) is 21.4 Å². The summed E-state index contributed by atoms with van der Waals surface area (Å²) in [5.74, 6) is -0.980. The minimum atomic E-state index is -0.766. The van der Waals surface area contributed by atoms with Crippen LogP contribution >= 0.6 is 23.2 Å². The highest BCUT2D eigenvalue weighted by Gasteiger charge is 2.10. The van der Waals surface area contributed by atoms with Gasteiger partial charge in [0.25, 0.3) is 5.91 Å². The normalized spacial score (nSPS) is 10.5. The molecule has 0 aliphatic carbocycles. The van der Waals surface area contributed by atoms with Crippen LogP contribution in [0.2, 0.25) is 10.0 Å². The molecule has 0 unspecified atom stereocenters. The zero-order chi connectivity index (χ0) is 18.9.